The van der Waals surface area contributed by atoms with Crippen molar-refractivity contribution in [3.05, 3.63) is 46.0 Å². The second-order valence-electron chi connectivity index (χ2n) is 5.31. The number of nitro groups is 1. The predicted octanol–water partition coefficient (Wildman–Crippen LogP) is 2.23. The Balaban J connectivity index is 2.89. The summed E-state index contributed by atoms with van der Waals surface area (Å²) in [6.07, 6.45) is 2.71. The third kappa shape index (κ3) is 5.35. The molecule has 114 valence electrons. The van der Waals surface area contributed by atoms with Crippen molar-refractivity contribution in [2.75, 3.05) is 13.1 Å². The van der Waals surface area contributed by atoms with Gasteiger partial charge in [0.25, 0.3) is 5.69 Å². The molecule has 0 heterocycles. The van der Waals surface area contributed by atoms with Gasteiger partial charge in [-0.25, -0.2) is 0 Å². The molecule has 0 aliphatic rings. The number of rotatable bonds is 6. The average Bonchev–Trinajstić information content (AvgIpc) is 2.41. The molecule has 0 saturated heterocycles. The molecule has 1 amide bonds. The summed E-state index contributed by atoms with van der Waals surface area (Å²) in [5.74, 6) is -0.294. The Morgan fingerprint density at radius 1 is 1.43 bits per heavy atom. The zero-order valence-electron chi connectivity index (χ0n) is 12.4. The number of carbonyl (C=O) groups excluding carboxylic acids is 1. The van der Waals surface area contributed by atoms with Crippen molar-refractivity contribution in [1.29, 1.82) is 0 Å². The number of para-hydroxylation sites is 1. The second kappa shape index (κ2) is 6.99. The highest BCUT2D eigenvalue weighted by atomic mass is 16.6. The van der Waals surface area contributed by atoms with Crippen molar-refractivity contribution in [2.24, 2.45) is 0 Å². The van der Waals surface area contributed by atoms with Gasteiger partial charge in [0.1, 0.15) is 0 Å². The topological polar surface area (TPSA) is 83.7 Å². The molecule has 6 nitrogen and oxygen atoms in total. The minimum atomic E-state index is -0.988. The van der Waals surface area contributed by atoms with Crippen LogP contribution in [-0.4, -0.2) is 39.5 Å². The lowest BCUT2D eigenvalue weighted by Gasteiger charge is -2.27. The molecular formula is C15H20N2O4. The van der Waals surface area contributed by atoms with Crippen LogP contribution >= 0.6 is 0 Å². The highest BCUT2D eigenvalue weighted by Crippen LogP contribution is 2.19. The average molecular weight is 292 g/mol. The van der Waals surface area contributed by atoms with Gasteiger partial charge in [-0.3, -0.25) is 14.9 Å². The molecule has 0 bridgehead atoms. The van der Waals surface area contributed by atoms with Gasteiger partial charge in [0.05, 0.1) is 16.1 Å². The lowest BCUT2D eigenvalue weighted by atomic mass is 10.1. The Morgan fingerprint density at radius 2 is 2.05 bits per heavy atom. The molecule has 0 aliphatic heterocycles. The Hall–Kier alpha value is -2.21. The first kappa shape index (κ1) is 16.8. The number of amides is 1. The van der Waals surface area contributed by atoms with Gasteiger partial charge in [-0.15, -0.1) is 0 Å². The van der Waals surface area contributed by atoms with Gasteiger partial charge in [0, 0.05) is 25.2 Å². The van der Waals surface area contributed by atoms with E-state index in [1.54, 1.807) is 32.0 Å². The Kier molecular flexibility index (Phi) is 5.60. The molecule has 0 saturated carbocycles. The van der Waals surface area contributed by atoms with E-state index in [-0.39, 0.29) is 18.1 Å². The molecule has 1 rings (SSSR count). The summed E-state index contributed by atoms with van der Waals surface area (Å²) in [5.41, 5.74) is -0.666. The van der Waals surface area contributed by atoms with Gasteiger partial charge in [0.2, 0.25) is 5.91 Å². The van der Waals surface area contributed by atoms with Gasteiger partial charge in [-0.2, -0.15) is 0 Å². The van der Waals surface area contributed by atoms with E-state index in [0.29, 0.717) is 12.1 Å². The summed E-state index contributed by atoms with van der Waals surface area (Å²) in [4.78, 5) is 23.9. The summed E-state index contributed by atoms with van der Waals surface area (Å²) >= 11 is 0. The number of hydrogen-bond donors (Lipinski definition) is 1. The summed E-state index contributed by atoms with van der Waals surface area (Å²) in [6.45, 7) is 5.69. The smallest absolute Gasteiger partial charge is 0.276 e. The number of hydrogen-bond acceptors (Lipinski definition) is 4. The summed E-state index contributed by atoms with van der Waals surface area (Å²) in [5, 5.41) is 20.7. The van der Waals surface area contributed by atoms with E-state index in [2.05, 4.69) is 0 Å². The molecule has 0 unspecified atom stereocenters. The Bertz CT molecular complexity index is 547. The Labute approximate surface area is 123 Å². The van der Waals surface area contributed by atoms with Crippen LogP contribution in [0.25, 0.3) is 6.08 Å². The van der Waals surface area contributed by atoms with Gasteiger partial charge in [-0.05, 0) is 32.9 Å². The van der Waals surface area contributed by atoms with E-state index in [0.717, 1.165) is 0 Å². The first-order valence-corrected chi connectivity index (χ1v) is 6.67. The quantitative estimate of drug-likeness (QED) is 0.495. The van der Waals surface area contributed by atoms with Crippen molar-refractivity contribution in [1.82, 2.24) is 4.90 Å². The van der Waals surface area contributed by atoms with E-state index >= 15 is 0 Å². The van der Waals surface area contributed by atoms with E-state index < -0.39 is 10.5 Å². The summed E-state index contributed by atoms with van der Waals surface area (Å²) < 4.78 is 0. The molecule has 0 spiro atoms. The highest BCUT2D eigenvalue weighted by Gasteiger charge is 2.20. The molecular weight excluding hydrogens is 272 g/mol. The fourth-order valence-electron chi connectivity index (χ4n) is 1.87. The first-order chi connectivity index (χ1) is 9.74. The minimum absolute atomic E-state index is 0.0490. The fraction of sp³-hybridized carbons (Fsp3) is 0.400. The second-order valence-corrected chi connectivity index (χ2v) is 5.31. The fourth-order valence-corrected chi connectivity index (χ4v) is 1.87. The number of aliphatic hydroxyl groups is 1. The molecule has 1 aromatic carbocycles. The molecule has 6 heteroatoms. The maximum atomic E-state index is 12.1. The molecule has 0 aromatic heterocycles. The van der Waals surface area contributed by atoms with Gasteiger partial charge in [-0.1, -0.05) is 12.1 Å². The van der Waals surface area contributed by atoms with Crippen LogP contribution in [0.1, 0.15) is 26.3 Å². The number of likely N-dealkylation sites (N-methyl/N-ethyl adjacent to an activating group) is 1. The third-order valence-corrected chi connectivity index (χ3v) is 2.81. The number of benzene rings is 1. The van der Waals surface area contributed by atoms with E-state index in [9.17, 15) is 20.0 Å². The first-order valence-electron chi connectivity index (χ1n) is 6.67. The summed E-state index contributed by atoms with van der Waals surface area (Å²) in [7, 11) is 0. The van der Waals surface area contributed by atoms with Crippen LogP contribution in [0.15, 0.2) is 30.3 Å². The SMILES string of the molecule is CCN(CC(C)(C)O)C(=O)C=Cc1ccccc1[N+](=O)[O-]. The molecule has 21 heavy (non-hydrogen) atoms. The van der Waals surface area contributed by atoms with Crippen LogP contribution in [-0.2, 0) is 4.79 Å². The van der Waals surface area contributed by atoms with Crippen molar-refractivity contribution < 1.29 is 14.8 Å². The highest BCUT2D eigenvalue weighted by molar-refractivity contribution is 5.92. The maximum Gasteiger partial charge on any atom is 0.276 e. The molecule has 0 radical (unpaired) electrons. The standard InChI is InChI=1S/C15H20N2O4/c1-4-16(11-15(2,3)19)14(18)10-9-12-7-5-6-8-13(12)17(20)21/h5-10,19H,4,11H2,1-3H3. The monoisotopic (exact) mass is 292 g/mol. The van der Waals surface area contributed by atoms with Crippen LogP contribution < -0.4 is 0 Å². The van der Waals surface area contributed by atoms with Gasteiger partial charge in [0.15, 0.2) is 0 Å². The van der Waals surface area contributed by atoms with Crippen LogP contribution in [0, 0.1) is 10.1 Å². The largest absolute Gasteiger partial charge is 0.389 e. The minimum Gasteiger partial charge on any atom is -0.389 e. The lowest BCUT2D eigenvalue weighted by Crippen LogP contribution is -2.41. The lowest BCUT2D eigenvalue weighted by molar-refractivity contribution is -0.385. The molecule has 1 aromatic rings. The third-order valence-electron chi connectivity index (χ3n) is 2.81. The zero-order valence-corrected chi connectivity index (χ0v) is 12.4. The van der Waals surface area contributed by atoms with E-state index in [1.165, 1.54) is 23.1 Å². The molecule has 0 aliphatic carbocycles. The molecule has 0 fully saturated rings. The van der Waals surface area contributed by atoms with Crippen molar-refractivity contribution in [3.63, 3.8) is 0 Å². The Morgan fingerprint density at radius 3 is 2.57 bits per heavy atom. The zero-order chi connectivity index (χ0) is 16.0. The van der Waals surface area contributed by atoms with Gasteiger partial charge < -0.3 is 10.0 Å². The number of carbonyl (C=O) groups is 1. The van der Waals surface area contributed by atoms with Crippen molar-refractivity contribution >= 4 is 17.7 Å². The van der Waals surface area contributed by atoms with Crippen molar-refractivity contribution in [3.8, 4) is 0 Å². The number of nitrogens with zero attached hydrogens (tertiary/aromatic N) is 2. The molecule has 1 N–H and O–H groups in total. The van der Waals surface area contributed by atoms with Gasteiger partial charge >= 0.3 is 0 Å². The van der Waals surface area contributed by atoms with Crippen LogP contribution in [0.2, 0.25) is 0 Å². The van der Waals surface area contributed by atoms with Crippen LogP contribution in [0.3, 0.4) is 0 Å². The maximum absolute atomic E-state index is 12.1. The van der Waals surface area contributed by atoms with E-state index in [4.69, 9.17) is 0 Å². The summed E-state index contributed by atoms with van der Waals surface area (Å²) in [6, 6.07) is 6.21. The van der Waals surface area contributed by atoms with Crippen LogP contribution in [0.4, 0.5) is 5.69 Å². The normalized spacial score (nSPS) is 11.6. The van der Waals surface area contributed by atoms with E-state index in [1.807, 2.05) is 6.92 Å². The molecule has 0 atom stereocenters. The van der Waals surface area contributed by atoms with Crippen molar-refractivity contribution in [2.45, 2.75) is 26.4 Å². The number of nitro benzene ring substituents is 1. The van der Waals surface area contributed by atoms with Crippen LogP contribution in [0.5, 0.6) is 0 Å². The predicted molar refractivity (Wildman–Crippen MR) is 80.7 cm³/mol.